The van der Waals surface area contributed by atoms with Crippen LogP contribution in [0.1, 0.15) is 29.2 Å². The van der Waals surface area contributed by atoms with Crippen LogP contribution in [0.3, 0.4) is 0 Å². The molecule has 0 saturated carbocycles. The minimum Gasteiger partial charge on any atom is -0.388 e. The number of hydrogen-bond acceptors (Lipinski definition) is 1. The zero-order valence-corrected chi connectivity index (χ0v) is 10.6. The van der Waals surface area contributed by atoms with Crippen molar-refractivity contribution in [3.8, 4) is 0 Å². The van der Waals surface area contributed by atoms with Gasteiger partial charge in [0.15, 0.2) is 0 Å². The Balaban J connectivity index is 2.06. The standard InChI is InChI=1S/C17H18O/c1-13-8-10-15(11-9-13)14(2)12-17(18)16-6-4-3-5-7-16/h3-11,17-18H,2,12H2,1H3. The lowest BCUT2D eigenvalue weighted by Gasteiger charge is -2.13. The Morgan fingerprint density at radius 1 is 1.06 bits per heavy atom. The zero-order chi connectivity index (χ0) is 13.0. The van der Waals surface area contributed by atoms with Gasteiger partial charge in [0.25, 0.3) is 0 Å². The Bertz CT molecular complexity index is 511. The lowest BCUT2D eigenvalue weighted by Crippen LogP contribution is -1.98. The molecule has 0 radical (unpaired) electrons. The van der Waals surface area contributed by atoms with Gasteiger partial charge in [0, 0.05) is 6.42 Å². The van der Waals surface area contributed by atoms with Crippen LogP contribution in [-0.2, 0) is 0 Å². The molecule has 0 bridgehead atoms. The van der Waals surface area contributed by atoms with Gasteiger partial charge in [0.2, 0.25) is 0 Å². The topological polar surface area (TPSA) is 20.2 Å². The van der Waals surface area contributed by atoms with Crippen molar-refractivity contribution in [3.63, 3.8) is 0 Å². The molecule has 2 aromatic rings. The van der Waals surface area contributed by atoms with Gasteiger partial charge >= 0.3 is 0 Å². The van der Waals surface area contributed by atoms with Crippen LogP contribution in [0, 0.1) is 6.92 Å². The van der Waals surface area contributed by atoms with E-state index < -0.39 is 6.10 Å². The number of aliphatic hydroxyl groups is 1. The first kappa shape index (κ1) is 12.6. The average Bonchev–Trinajstić information content (AvgIpc) is 2.40. The van der Waals surface area contributed by atoms with Crippen LogP contribution >= 0.6 is 0 Å². The predicted octanol–water partition coefficient (Wildman–Crippen LogP) is 4.13. The van der Waals surface area contributed by atoms with Crippen LogP contribution in [-0.4, -0.2) is 5.11 Å². The first-order valence-corrected chi connectivity index (χ1v) is 6.14. The van der Waals surface area contributed by atoms with Crippen molar-refractivity contribution >= 4 is 5.57 Å². The largest absolute Gasteiger partial charge is 0.388 e. The van der Waals surface area contributed by atoms with Crippen molar-refractivity contribution in [2.75, 3.05) is 0 Å². The van der Waals surface area contributed by atoms with Gasteiger partial charge in [-0.25, -0.2) is 0 Å². The number of benzene rings is 2. The van der Waals surface area contributed by atoms with Gasteiger partial charge in [-0.2, -0.15) is 0 Å². The van der Waals surface area contributed by atoms with E-state index in [1.807, 2.05) is 30.3 Å². The molecule has 0 aromatic heterocycles. The van der Waals surface area contributed by atoms with Gasteiger partial charge in [-0.15, -0.1) is 0 Å². The number of hydrogen-bond donors (Lipinski definition) is 1. The van der Waals surface area contributed by atoms with E-state index in [0.717, 1.165) is 16.7 Å². The highest BCUT2D eigenvalue weighted by molar-refractivity contribution is 5.64. The van der Waals surface area contributed by atoms with Crippen molar-refractivity contribution < 1.29 is 5.11 Å². The molecular weight excluding hydrogens is 220 g/mol. The Kier molecular flexibility index (Phi) is 3.96. The SMILES string of the molecule is C=C(CC(O)c1ccccc1)c1ccc(C)cc1. The molecule has 92 valence electrons. The summed E-state index contributed by atoms with van der Waals surface area (Å²) in [5.74, 6) is 0. The summed E-state index contributed by atoms with van der Waals surface area (Å²) in [5, 5.41) is 10.1. The minimum absolute atomic E-state index is 0.486. The Hall–Kier alpha value is -1.86. The third-order valence-electron chi connectivity index (χ3n) is 3.08. The molecule has 0 aliphatic carbocycles. The third-order valence-corrected chi connectivity index (χ3v) is 3.08. The highest BCUT2D eigenvalue weighted by Gasteiger charge is 2.09. The van der Waals surface area contributed by atoms with Crippen LogP contribution < -0.4 is 0 Å². The fraction of sp³-hybridized carbons (Fsp3) is 0.176. The van der Waals surface area contributed by atoms with Gasteiger partial charge in [-0.05, 0) is 23.6 Å². The molecule has 0 aliphatic rings. The third kappa shape index (κ3) is 3.08. The summed E-state index contributed by atoms with van der Waals surface area (Å²) in [6.45, 7) is 6.12. The van der Waals surface area contributed by atoms with Crippen molar-refractivity contribution in [1.29, 1.82) is 0 Å². The predicted molar refractivity (Wildman–Crippen MR) is 76.2 cm³/mol. The second-order valence-corrected chi connectivity index (χ2v) is 4.60. The van der Waals surface area contributed by atoms with E-state index >= 15 is 0 Å². The first-order valence-electron chi connectivity index (χ1n) is 6.14. The van der Waals surface area contributed by atoms with E-state index in [1.165, 1.54) is 5.56 Å². The molecular formula is C17H18O. The summed E-state index contributed by atoms with van der Waals surface area (Å²) in [6, 6.07) is 17.9. The summed E-state index contributed by atoms with van der Waals surface area (Å²) >= 11 is 0. The molecule has 0 saturated heterocycles. The van der Waals surface area contributed by atoms with Gasteiger partial charge in [0.1, 0.15) is 0 Å². The molecule has 0 spiro atoms. The fourth-order valence-corrected chi connectivity index (χ4v) is 1.93. The summed E-state index contributed by atoms with van der Waals surface area (Å²) in [6.07, 6.45) is 0.0765. The van der Waals surface area contributed by atoms with E-state index in [9.17, 15) is 5.11 Å². The molecule has 1 atom stereocenters. The quantitative estimate of drug-likeness (QED) is 0.849. The summed E-state index contributed by atoms with van der Waals surface area (Å²) in [4.78, 5) is 0. The van der Waals surface area contributed by atoms with E-state index in [-0.39, 0.29) is 0 Å². The summed E-state index contributed by atoms with van der Waals surface area (Å²) in [7, 11) is 0. The highest BCUT2D eigenvalue weighted by atomic mass is 16.3. The molecule has 0 fully saturated rings. The van der Waals surface area contributed by atoms with E-state index in [0.29, 0.717) is 6.42 Å². The maximum Gasteiger partial charge on any atom is 0.0830 e. The Morgan fingerprint density at radius 3 is 2.28 bits per heavy atom. The Labute approximate surface area is 108 Å². The van der Waals surface area contributed by atoms with Crippen LogP contribution in [0.15, 0.2) is 61.2 Å². The molecule has 2 rings (SSSR count). The van der Waals surface area contributed by atoms with E-state index in [4.69, 9.17) is 0 Å². The van der Waals surface area contributed by atoms with Gasteiger partial charge in [0.05, 0.1) is 6.10 Å². The average molecular weight is 238 g/mol. The molecule has 2 aromatic carbocycles. The van der Waals surface area contributed by atoms with Crippen molar-refractivity contribution in [2.24, 2.45) is 0 Å². The van der Waals surface area contributed by atoms with E-state index in [1.54, 1.807) is 0 Å². The van der Waals surface area contributed by atoms with Crippen LogP contribution in [0.25, 0.3) is 5.57 Å². The summed E-state index contributed by atoms with van der Waals surface area (Å²) < 4.78 is 0. The molecule has 1 heteroatoms. The summed E-state index contributed by atoms with van der Waals surface area (Å²) in [5.41, 5.74) is 4.22. The first-order chi connectivity index (χ1) is 8.66. The molecule has 1 nitrogen and oxygen atoms in total. The molecule has 0 heterocycles. The smallest absolute Gasteiger partial charge is 0.0830 e. The maximum absolute atomic E-state index is 10.1. The van der Waals surface area contributed by atoms with E-state index in [2.05, 4.69) is 37.8 Å². The molecule has 18 heavy (non-hydrogen) atoms. The molecule has 1 unspecified atom stereocenters. The Morgan fingerprint density at radius 2 is 1.67 bits per heavy atom. The second-order valence-electron chi connectivity index (χ2n) is 4.60. The van der Waals surface area contributed by atoms with Gasteiger partial charge in [-0.1, -0.05) is 66.7 Å². The van der Waals surface area contributed by atoms with Crippen LogP contribution in [0.4, 0.5) is 0 Å². The number of rotatable bonds is 4. The lowest BCUT2D eigenvalue weighted by atomic mass is 9.97. The second kappa shape index (κ2) is 5.65. The number of aryl methyl sites for hydroxylation is 1. The van der Waals surface area contributed by atoms with Crippen molar-refractivity contribution in [3.05, 3.63) is 77.9 Å². The maximum atomic E-state index is 10.1. The van der Waals surface area contributed by atoms with Gasteiger partial charge < -0.3 is 5.11 Å². The van der Waals surface area contributed by atoms with Crippen molar-refractivity contribution in [2.45, 2.75) is 19.4 Å². The van der Waals surface area contributed by atoms with Crippen molar-refractivity contribution in [1.82, 2.24) is 0 Å². The molecule has 0 amide bonds. The highest BCUT2D eigenvalue weighted by Crippen LogP contribution is 2.26. The lowest BCUT2D eigenvalue weighted by molar-refractivity contribution is 0.184. The van der Waals surface area contributed by atoms with Crippen LogP contribution in [0.5, 0.6) is 0 Å². The normalized spacial score (nSPS) is 12.1. The monoisotopic (exact) mass is 238 g/mol. The zero-order valence-electron chi connectivity index (χ0n) is 10.6. The minimum atomic E-state index is -0.486. The van der Waals surface area contributed by atoms with Crippen LogP contribution in [0.2, 0.25) is 0 Å². The molecule has 0 aliphatic heterocycles. The fourth-order valence-electron chi connectivity index (χ4n) is 1.93. The number of aliphatic hydroxyl groups excluding tert-OH is 1. The van der Waals surface area contributed by atoms with Gasteiger partial charge in [-0.3, -0.25) is 0 Å². The molecule has 1 N–H and O–H groups in total.